The predicted molar refractivity (Wildman–Crippen MR) is 91.2 cm³/mol. The van der Waals surface area contributed by atoms with Crippen molar-refractivity contribution in [2.45, 2.75) is 26.8 Å². The van der Waals surface area contributed by atoms with Crippen molar-refractivity contribution in [2.75, 3.05) is 26.8 Å². The van der Waals surface area contributed by atoms with Gasteiger partial charge in [-0.25, -0.2) is 9.97 Å². The molecule has 1 aliphatic carbocycles. The summed E-state index contributed by atoms with van der Waals surface area (Å²) < 4.78 is 10.9. The summed E-state index contributed by atoms with van der Waals surface area (Å²) >= 11 is 0. The van der Waals surface area contributed by atoms with Crippen LogP contribution in [-0.2, 0) is 11.3 Å². The first-order valence-corrected chi connectivity index (χ1v) is 8.59. The molecule has 128 valence electrons. The molecule has 5 nitrogen and oxygen atoms in total. The van der Waals surface area contributed by atoms with E-state index in [1.807, 2.05) is 31.6 Å². The van der Waals surface area contributed by atoms with Crippen LogP contribution in [0.3, 0.4) is 0 Å². The Morgan fingerprint density at radius 3 is 2.75 bits per heavy atom. The molecule has 0 unspecified atom stereocenters. The van der Waals surface area contributed by atoms with Gasteiger partial charge in [-0.3, -0.25) is 4.90 Å². The highest BCUT2D eigenvalue weighted by atomic mass is 16.5. The highest BCUT2D eigenvalue weighted by Crippen LogP contribution is 2.62. The molecule has 1 aliphatic heterocycles. The van der Waals surface area contributed by atoms with Crippen molar-refractivity contribution in [1.82, 2.24) is 14.9 Å². The minimum absolute atomic E-state index is 0.340. The lowest BCUT2D eigenvalue weighted by molar-refractivity contribution is -0.107. The monoisotopic (exact) mass is 327 g/mol. The van der Waals surface area contributed by atoms with Gasteiger partial charge in [0.15, 0.2) is 11.6 Å². The van der Waals surface area contributed by atoms with E-state index in [4.69, 9.17) is 9.15 Å². The Hall–Kier alpha value is -1.72. The maximum absolute atomic E-state index is 5.54. The lowest BCUT2D eigenvalue weighted by atomic mass is 9.48. The van der Waals surface area contributed by atoms with Crippen LogP contribution in [0.1, 0.15) is 25.8 Å². The first-order valence-electron chi connectivity index (χ1n) is 8.59. The Morgan fingerprint density at radius 1 is 1.33 bits per heavy atom. The largest absolute Gasteiger partial charge is 0.461 e. The summed E-state index contributed by atoms with van der Waals surface area (Å²) in [5, 5.41) is 0. The van der Waals surface area contributed by atoms with E-state index in [0.717, 1.165) is 31.8 Å². The standard InChI is InChI=1S/C19H25N3O2/c1-18(2)11-19(13-23-3)12-22(10-16(18)19)9-14-7-20-17(21-8-14)15-5-4-6-24-15/h4-8,16H,9-13H2,1-3H3/t16-,19-/m1/s1. The summed E-state index contributed by atoms with van der Waals surface area (Å²) in [6, 6.07) is 3.73. The Kier molecular flexibility index (Phi) is 3.73. The lowest BCUT2D eigenvalue weighted by Gasteiger charge is -2.56. The van der Waals surface area contributed by atoms with Gasteiger partial charge in [0.05, 0.1) is 12.9 Å². The molecule has 0 bridgehead atoms. The minimum atomic E-state index is 0.340. The number of likely N-dealkylation sites (tertiary alicyclic amines) is 1. The number of hydrogen-bond donors (Lipinski definition) is 0. The topological polar surface area (TPSA) is 51.4 Å². The van der Waals surface area contributed by atoms with Crippen molar-refractivity contribution in [2.24, 2.45) is 16.7 Å². The molecule has 0 aromatic carbocycles. The highest BCUT2D eigenvalue weighted by molar-refractivity contribution is 5.45. The van der Waals surface area contributed by atoms with Crippen LogP contribution in [-0.4, -0.2) is 41.7 Å². The molecule has 0 amide bonds. The summed E-state index contributed by atoms with van der Waals surface area (Å²) in [7, 11) is 1.82. The van der Waals surface area contributed by atoms with Crippen LogP contribution in [0.4, 0.5) is 0 Å². The van der Waals surface area contributed by atoms with Crippen LogP contribution in [0.2, 0.25) is 0 Å². The maximum Gasteiger partial charge on any atom is 0.195 e. The molecule has 2 fully saturated rings. The van der Waals surface area contributed by atoms with E-state index in [1.54, 1.807) is 6.26 Å². The summed E-state index contributed by atoms with van der Waals surface area (Å²) in [5.74, 6) is 2.07. The van der Waals surface area contributed by atoms with Crippen LogP contribution in [0, 0.1) is 16.7 Å². The third-order valence-electron chi connectivity index (χ3n) is 5.75. The molecule has 1 saturated carbocycles. The van der Waals surface area contributed by atoms with Crippen LogP contribution >= 0.6 is 0 Å². The molecule has 2 aliphatic rings. The van der Waals surface area contributed by atoms with E-state index in [1.165, 1.54) is 6.42 Å². The third kappa shape index (κ3) is 2.56. The number of rotatable bonds is 5. The van der Waals surface area contributed by atoms with Gasteiger partial charge in [0.2, 0.25) is 0 Å². The van der Waals surface area contributed by atoms with Gasteiger partial charge < -0.3 is 9.15 Å². The molecule has 3 heterocycles. The minimum Gasteiger partial charge on any atom is -0.461 e. The summed E-state index contributed by atoms with van der Waals surface area (Å²) in [5.41, 5.74) is 1.91. The predicted octanol–water partition coefficient (Wildman–Crippen LogP) is 3.23. The van der Waals surface area contributed by atoms with Crippen LogP contribution in [0.5, 0.6) is 0 Å². The number of methoxy groups -OCH3 is 1. The van der Waals surface area contributed by atoms with Crippen LogP contribution in [0.15, 0.2) is 35.2 Å². The number of hydrogen-bond acceptors (Lipinski definition) is 5. The van der Waals surface area contributed by atoms with Crippen molar-refractivity contribution < 1.29 is 9.15 Å². The van der Waals surface area contributed by atoms with E-state index in [2.05, 4.69) is 28.7 Å². The zero-order valence-corrected chi connectivity index (χ0v) is 14.7. The summed E-state index contributed by atoms with van der Waals surface area (Å²) in [6.07, 6.45) is 6.73. The fourth-order valence-electron chi connectivity index (χ4n) is 5.06. The van der Waals surface area contributed by atoms with Gasteiger partial charge in [0.1, 0.15) is 0 Å². The van der Waals surface area contributed by atoms with Crippen molar-refractivity contribution in [1.29, 1.82) is 0 Å². The van der Waals surface area contributed by atoms with Gasteiger partial charge in [-0.2, -0.15) is 0 Å². The fourth-order valence-corrected chi connectivity index (χ4v) is 5.06. The number of fused-ring (bicyclic) bond motifs is 1. The zero-order valence-electron chi connectivity index (χ0n) is 14.7. The third-order valence-corrected chi connectivity index (χ3v) is 5.75. The lowest BCUT2D eigenvalue weighted by Crippen LogP contribution is -2.55. The van der Waals surface area contributed by atoms with E-state index in [0.29, 0.717) is 28.3 Å². The van der Waals surface area contributed by atoms with Gasteiger partial charge in [0.25, 0.3) is 0 Å². The van der Waals surface area contributed by atoms with Crippen molar-refractivity contribution in [3.8, 4) is 11.6 Å². The van der Waals surface area contributed by atoms with E-state index in [9.17, 15) is 0 Å². The fraction of sp³-hybridized carbons (Fsp3) is 0.579. The Balaban J connectivity index is 1.45. The summed E-state index contributed by atoms with van der Waals surface area (Å²) in [6.45, 7) is 8.78. The second kappa shape index (κ2) is 5.67. The molecular formula is C19H25N3O2. The second-order valence-electron chi connectivity index (χ2n) is 8.08. The first-order chi connectivity index (χ1) is 11.5. The van der Waals surface area contributed by atoms with E-state index >= 15 is 0 Å². The number of furan rings is 1. The average molecular weight is 327 g/mol. The molecule has 4 rings (SSSR count). The SMILES string of the molecule is COC[C@@]12CN(Cc3cnc(-c4ccco4)nc3)C[C@@H]1C(C)(C)C2. The van der Waals surface area contributed by atoms with Crippen molar-refractivity contribution in [3.05, 3.63) is 36.4 Å². The highest BCUT2D eigenvalue weighted by Gasteiger charge is 2.62. The first kappa shape index (κ1) is 15.8. The molecule has 2 atom stereocenters. The van der Waals surface area contributed by atoms with E-state index in [-0.39, 0.29) is 0 Å². The molecule has 0 N–H and O–H groups in total. The number of nitrogens with zero attached hydrogens (tertiary/aromatic N) is 3. The Bertz CT molecular complexity index is 696. The van der Waals surface area contributed by atoms with Gasteiger partial charge in [-0.15, -0.1) is 0 Å². The van der Waals surface area contributed by atoms with Gasteiger partial charge in [-0.1, -0.05) is 13.8 Å². The normalized spacial score (nSPS) is 28.5. The van der Waals surface area contributed by atoms with E-state index < -0.39 is 0 Å². The summed E-state index contributed by atoms with van der Waals surface area (Å²) in [4.78, 5) is 11.4. The molecule has 0 spiro atoms. The quantitative estimate of drug-likeness (QED) is 0.844. The van der Waals surface area contributed by atoms with Crippen LogP contribution < -0.4 is 0 Å². The number of aromatic nitrogens is 2. The molecule has 2 aromatic heterocycles. The molecular weight excluding hydrogens is 302 g/mol. The zero-order chi connectivity index (χ0) is 16.8. The van der Waals surface area contributed by atoms with Gasteiger partial charge in [-0.05, 0) is 29.9 Å². The average Bonchev–Trinajstić information content (AvgIpc) is 3.16. The molecule has 1 saturated heterocycles. The molecule has 24 heavy (non-hydrogen) atoms. The van der Waals surface area contributed by atoms with Gasteiger partial charge >= 0.3 is 0 Å². The number of ether oxygens (including phenoxy) is 1. The second-order valence-corrected chi connectivity index (χ2v) is 8.08. The van der Waals surface area contributed by atoms with Crippen LogP contribution in [0.25, 0.3) is 11.6 Å². The Labute approximate surface area is 143 Å². The molecule has 0 radical (unpaired) electrons. The van der Waals surface area contributed by atoms with Gasteiger partial charge in [0, 0.05) is 50.1 Å². The van der Waals surface area contributed by atoms with Crippen molar-refractivity contribution >= 4 is 0 Å². The van der Waals surface area contributed by atoms with Crippen molar-refractivity contribution in [3.63, 3.8) is 0 Å². The smallest absolute Gasteiger partial charge is 0.195 e. The Morgan fingerprint density at radius 2 is 2.12 bits per heavy atom. The maximum atomic E-state index is 5.54. The molecule has 5 heteroatoms. The molecule has 2 aromatic rings.